The number of esters is 1. The molecule has 0 saturated heterocycles. The van der Waals surface area contributed by atoms with Crippen LogP contribution >= 0.6 is 11.8 Å². The molecule has 2 aromatic heterocycles. The number of amides is 2. The average Bonchev–Trinajstić information content (AvgIpc) is 3.37. The molecule has 0 unspecified atom stereocenters. The molecule has 0 saturated carbocycles. The van der Waals surface area contributed by atoms with Gasteiger partial charge < -0.3 is 20.1 Å². The van der Waals surface area contributed by atoms with Gasteiger partial charge in [-0.25, -0.2) is 24.2 Å². The summed E-state index contributed by atoms with van der Waals surface area (Å²) in [6.45, 7) is -1.37. The van der Waals surface area contributed by atoms with Crippen molar-refractivity contribution in [1.82, 2.24) is 30.4 Å². The van der Waals surface area contributed by atoms with Gasteiger partial charge in [-0.05, 0) is 25.1 Å². The van der Waals surface area contributed by atoms with Gasteiger partial charge in [-0.15, -0.1) is 0 Å². The van der Waals surface area contributed by atoms with Gasteiger partial charge in [-0.1, -0.05) is 48.2 Å². The number of hydrogen-bond acceptors (Lipinski definition) is 8. The van der Waals surface area contributed by atoms with Gasteiger partial charge >= 0.3 is 18.6 Å². The number of alkyl halides is 2. The highest BCUT2D eigenvalue weighted by Gasteiger charge is 2.35. The molecule has 0 bridgehead atoms. The van der Waals surface area contributed by atoms with Gasteiger partial charge in [0.25, 0.3) is 0 Å². The zero-order valence-corrected chi connectivity index (χ0v) is 21.3. The summed E-state index contributed by atoms with van der Waals surface area (Å²) in [5, 5.41) is 11.0. The highest BCUT2D eigenvalue weighted by atomic mass is 32.2. The number of urea groups is 1. The number of nitrogens with zero attached hydrogens (tertiary/aromatic N) is 4. The summed E-state index contributed by atoms with van der Waals surface area (Å²) in [4.78, 5) is 34.5. The molecule has 0 fully saturated rings. The van der Waals surface area contributed by atoms with Crippen LogP contribution in [0.15, 0.2) is 83.4 Å². The van der Waals surface area contributed by atoms with Crippen LogP contribution in [0, 0.1) is 0 Å². The first-order chi connectivity index (χ1) is 19.0. The minimum absolute atomic E-state index is 0.0690. The quantitative estimate of drug-likeness (QED) is 0.178. The van der Waals surface area contributed by atoms with Gasteiger partial charge in [-0.3, -0.25) is 0 Å². The van der Waals surface area contributed by atoms with E-state index in [2.05, 4.69) is 30.4 Å². The maximum atomic E-state index is 13.1. The molecule has 3 heterocycles. The Bertz CT molecular complexity index is 1550. The number of para-hydroxylation sites is 2. The number of rotatable bonds is 9. The third kappa shape index (κ3) is 5.53. The number of fused-ring (bicyclic) bond motifs is 1. The van der Waals surface area contributed by atoms with Crippen LogP contribution in [0.4, 0.5) is 13.6 Å². The first-order valence-corrected chi connectivity index (χ1v) is 12.8. The lowest BCUT2D eigenvalue weighted by Gasteiger charge is -2.30. The molecule has 39 heavy (non-hydrogen) atoms. The van der Waals surface area contributed by atoms with Crippen molar-refractivity contribution in [2.24, 2.45) is 0 Å². The van der Waals surface area contributed by atoms with Crippen molar-refractivity contribution < 1.29 is 27.8 Å². The molecular weight excluding hydrogens is 530 g/mol. The van der Waals surface area contributed by atoms with E-state index in [1.165, 1.54) is 36.3 Å². The van der Waals surface area contributed by atoms with Crippen molar-refractivity contribution in [3.63, 3.8) is 0 Å². The summed E-state index contributed by atoms with van der Waals surface area (Å²) >= 11 is 1.25. The van der Waals surface area contributed by atoms with Gasteiger partial charge in [0.2, 0.25) is 0 Å². The zero-order valence-electron chi connectivity index (χ0n) is 20.5. The topological polar surface area (TPSA) is 120 Å². The van der Waals surface area contributed by atoms with Gasteiger partial charge in [0.05, 0.1) is 35.5 Å². The smallest absolute Gasteiger partial charge is 0.387 e. The van der Waals surface area contributed by atoms with Crippen LogP contribution < -0.4 is 15.4 Å². The Labute approximate surface area is 225 Å². The minimum Gasteiger partial charge on any atom is -0.463 e. The first-order valence-electron chi connectivity index (χ1n) is 11.8. The fraction of sp³-hybridized carbons (Fsp3) is 0.192. The van der Waals surface area contributed by atoms with Crippen LogP contribution in [0.2, 0.25) is 0 Å². The Kier molecular flexibility index (Phi) is 7.68. The van der Waals surface area contributed by atoms with E-state index in [-0.39, 0.29) is 34.9 Å². The maximum absolute atomic E-state index is 13.1. The van der Waals surface area contributed by atoms with Gasteiger partial charge in [0.1, 0.15) is 17.1 Å². The minimum atomic E-state index is -3.09. The first kappa shape index (κ1) is 26.1. The highest BCUT2D eigenvalue weighted by molar-refractivity contribution is 7.99. The van der Waals surface area contributed by atoms with Crippen LogP contribution in [0.1, 0.15) is 18.5 Å². The number of carbonyl (C=O) groups excluding carboxylic acids is 2. The van der Waals surface area contributed by atoms with Crippen molar-refractivity contribution in [3.05, 3.63) is 84.0 Å². The fourth-order valence-electron chi connectivity index (χ4n) is 4.17. The van der Waals surface area contributed by atoms with E-state index >= 15 is 0 Å². The predicted octanol–water partition coefficient (Wildman–Crippen LogP) is 4.38. The van der Waals surface area contributed by atoms with Gasteiger partial charge in [0, 0.05) is 17.0 Å². The van der Waals surface area contributed by atoms with E-state index in [1.54, 1.807) is 23.9 Å². The Morgan fingerprint density at radius 2 is 1.90 bits per heavy atom. The molecule has 4 aromatic rings. The molecule has 2 amide bonds. The fourth-order valence-corrected chi connectivity index (χ4v) is 5.10. The maximum Gasteiger partial charge on any atom is 0.387 e. The second-order valence-electron chi connectivity index (χ2n) is 8.16. The monoisotopic (exact) mass is 552 g/mol. The molecule has 200 valence electrons. The summed E-state index contributed by atoms with van der Waals surface area (Å²) in [6, 6.07) is 13.8. The second kappa shape index (κ2) is 11.5. The highest BCUT2D eigenvalue weighted by Crippen LogP contribution is 2.36. The van der Waals surface area contributed by atoms with Gasteiger partial charge in [0.15, 0.2) is 5.65 Å². The lowest BCUT2D eigenvalue weighted by atomic mass is 9.95. The second-order valence-corrected chi connectivity index (χ2v) is 9.12. The largest absolute Gasteiger partial charge is 0.463 e. The zero-order chi connectivity index (χ0) is 27.4. The normalized spacial score (nSPS) is 15.3. The molecule has 10 nitrogen and oxygen atoms in total. The Morgan fingerprint density at radius 3 is 2.67 bits per heavy atom. The molecule has 2 N–H and O–H groups in total. The van der Waals surface area contributed by atoms with Crippen LogP contribution in [-0.2, 0) is 9.53 Å². The summed E-state index contributed by atoms with van der Waals surface area (Å²) in [5.41, 5.74) is 1.92. The van der Waals surface area contributed by atoms with Crippen molar-refractivity contribution in [1.29, 1.82) is 0 Å². The number of benzene rings is 2. The molecule has 0 spiro atoms. The van der Waals surface area contributed by atoms with Crippen LogP contribution in [0.3, 0.4) is 0 Å². The summed E-state index contributed by atoms with van der Waals surface area (Å²) < 4.78 is 37.8. The molecule has 0 radical (unpaired) electrons. The summed E-state index contributed by atoms with van der Waals surface area (Å²) in [6.07, 6.45) is 3.06. The molecule has 0 aliphatic carbocycles. The number of aromatic nitrogens is 4. The molecule has 1 aliphatic heterocycles. The number of nitrogens with one attached hydrogen (secondary N) is 2. The molecule has 13 heteroatoms. The molecule has 1 aliphatic rings. The summed E-state index contributed by atoms with van der Waals surface area (Å²) in [7, 11) is 0. The third-order valence-electron chi connectivity index (χ3n) is 5.78. The van der Waals surface area contributed by atoms with E-state index < -0.39 is 24.7 Å². The van der Waals surface area contributed by atoms with E-state index in [0.29, 0.717) is 16.1 Å². The number of hydrogen-bond donors (Lipinski definition) is 2. The van der Waals surface area contributed by atoms with Crippen LogP contribution in [-0.4, -0.2) is 50.7 Å². The third-order valence-corrected chi connectivity index (χ3v) is 6.81. The van der Waals surface area contributed by atoms with Crippen LogP contribution in [0.5, 0.6) is 5.75 Å². The van der Waals surface area contributed by atoms with Crippen molar-refractivity contribution in [2.75, 3.05) is 12.4 Å². The number of halogens is 2. The molecule has 5 rings (SSSR count). The number of thioether (sulfide) groups is 1. The van der Waals surface area contributed by atoms with Crippen molar-refractivity contribution in [3.8, 4) is 11.4 Å². The molecule has 2 aromatic carbocycles. The lowest BCUT2D eigenvalue weighted by molar-refractivity contribution is -0.139. The standard InChI is InChI=1S/C26H22F2N6O4S/c1-2-37-24(35)20-18(32-26(36)33-21(20)16-10-6-7-11-19(16)38-25(27)28)13-39-23-17-12-31-34(22(17)29-14-30-23)15-8-4-3-5-9-15/h3-12,14,21,25H,2,13H2,1H3,(H2,32,33,36)/t21-/m0/s1. The van der Waals surface area contributed by atoms with E-state index in [0.717, 1.165) is 5.69 Å². The Morgan fingerprint density at radius 1 is 1.13 bits per heavy atom. The average molecular weight is 553 g/mol. The Balaban J connectivity index is 1.52. The number of ether oxygens (including phenoxy) is 2. The van der Waals surface area contributed by atoms with Crippen molar-refractivity contribution >= 4 is 34.8 Å². The van der Waals surface area contributed by atoms with E-state index in [4.69, 9.17) is 4.74 Å². The van der Waals surface area contributed by atoms with E-state index in [9.17, 15) is 18.4 Å². The van der Waals surface area contributed by atoms with Crippen molar-refractivity contribution in [2.45, 2.75) is 24.6 Å². The SMILES string of the molecule is CCOC(=O)C1=C(CSc2ncnc3c2cnn3-c2ccccc2)NC(=O)N[C@H]1c1ccccc1OC(F)F. The molecular formula is C26H22F2N6O4S. The summed E-state index contributed by atoms with van der Waals surface area (Å²) in [5.74, 6) is -0.764. The Hall–Kier alpha value is -4.52. The lowest BCUT2D eigenvalue weighted by Crippen LogP contribution is -2.46. The van der Waals surface area contributed by atoms with Crippen LogP contribution in [0.25, 0.3) is 16.7 Å². The van der Waals surface area contributed by atoms with Gasteiger partial charge in [-0.2, -0.15) is 13.9 Å². The van der Waals surface area contributed by atoms with E-state index in [1.807, 2.05) is 30.3 Å². The predicted molar refractivity (Wildman–Crippen MR) is 139 cm³/mol. The number of carbonyl (C=O) groups is 2. The molecule has 1 atom stereocenters.